The van der Waals surface area contributed by atoms with Gasteiger partial charge in [-0.1, -0.05) is 35.9 Å². The normalized spacial score (nSPS) is 19.2. The third kappa shape index (κ3) is 6.40. The Kier molecular flexibility index (Phi) is 9.15. The second-order valence-corrected chi connectivity index (χ2v) is 8.55. The van der Waals surface area contributed by atoms with Gasteiger partial charge in [-0.15, -0.1) is 12.4 Å². The van der Waals surface area contributed by atoms with Crippen molar-refractivity contribution in [2.75, 3.05) is 32.8 Å². The fourth-order valence-electron chi connectivity index (χ4n) is 4.07. The lowest BCUT2D eigenvalue weighted by atomic mass is 9.95. The number of rotatable bonds is 1. The molecule has 3 amide bonds. The van der Waals surface area contributed by atoms with Gasteiger partial charge in [0, 0.05) is 24.7 Å². The first kappa shape index (κ1) is 25.8. The Morgan fingerprint density at radius 1 is 1.06 bits per heavy atom. The zero-order valence-corrected chi connectivity index (χ0v) is 20.2. The summed E-state index contributed by atoms with van der Waals surface area (Å²) in [6.07, 6.45) is 1.08. The Labute approximate surface area is 209 Å². The minimum Gasteiger partial charge on any atom is -0.491 e. The predicted octanol–water partition coefficient (Wildman–Crippen LogP) is 1.93. The van der Waals surface area contributed by atoms with Gasteiger partial charge >= 0.3 is 0 Å². The fraction of sp³-hybridized carbons (Fsp3) is 0.375. The number of hydrogen-bond donors (Lipinski definition) is 3. The molecular weight excluding hydrogens is 479 g/mol. The molecule has 8 nitrogen and oxygen atoms in total. The summed E-state index contributed by atoms with van der Waals surface area (Å²) in [6.45, 7) is 1.70. The van der Waals surface area contributed by atoms with Crippen LogP contribution in [-0.4, -0.2) is 61.4 Å². The number of halogens is 2. The molecule has 2 aliphatic heterocycles. The van der Waals surface area contributed by atoms with E-state index in [2.05, 4.69) is 16.0 Å². The summed E-state index contributed by atoms with van der Waals surface area (Å²) in [5.41, 5.74) is 2.66. The molecule has 0 aromatic heterocycles. The molecule has 2 aromatic carbocycles. The van der Waals surface area contributed by atoms with Gasteiger partial charge in [-0.25, -0.2) is 0 Å². The lowest BCUT2D eigenvalue weighted by molar-refractivity contribution is -0.138. The summed E-state index contributed by atoms with van der Waals surface area (Å²) >= 11 is 6.05. The van der Waals surface area contributed by atoms with Gasteiger partial charge in [0.05, 0.1) is 24.7 Å². The van der Waals surface area contributed by atoms with Gasteiger partial charge in [0.25, 0.3) is 5.91 Å². The molecular formula is C24H28Cl2N4O4. The summed E-state index contributed by atoms with van der Waals surface area (Å²) in [5.74, 6) is -0.257. The quantitative estimate of drug-likeness (QED) is 0.548. The average Bonchev–Trinajstić information content (AvgIpc) is 2.83. The number of benzene rings is 2. The molecule has 0 saturated heterocycles. The van der Waals surface area contributed by atoms with Gasteiger partial charge < -0.3 is 25.6 Å². The zero-order chi connectivity index (χ0) is 23.2. The number of amides is 3. The number of carbonyl (C=O) groups is 3. The molecule has 2 aromatic rings. The molecule has 182 valence electrons. The maximum atomic E-state index is 13.3. The summed E-state index contributed by atoms with van der Waals surface area (Å²) in [4.78, 5) is 40.0. The van der Waals surface area contributed by atoms with E-state index in [9.17, 15) is 14.4 Å². The van der Waals surface area contributed by atoms with Crippen LogP contribution in [0, 0.1) is 0 Å². The lowest BCUT2D eigenvalue weighted by Crippen LogP contribution is -2.52. The van der Waals surface area contributed by atoms with Crippen molar-refractivity contribution in [3.8, 4) is 5.75 Å². The monoisotopic (exact) mass is 506 g/mol. The zero-order valence-electron chi connectivity index (χ0n) is 18.6. The molecule has 10 heteroatoms. The molecule has 2 aliphatic rings. The molecule has 1 atom stereocenters. The van der Waals surface area contributed by atoms with Crippen molar-refractivity contribution in [1.29, 1.82) is 0 Å². The van der Waals surface area contributed by atoms with E-state index in [4.69, 9.17) is 16.3 Å². The van der Waals surface area contributed by atoms with Crippen molar-refractivity contribution in [3.05, 3.63) is 64.2 Å². The fourth-order valence-corrected chi connectivity index (χ4v) is 4.24. The molecule has 3 N–H and O–H groups in total. The van der Waals surface area contributed by atoms with Gasteiger partial charge in [0.2, 0.25) is 11.8 Å². The van der Waals surface area contributed by atoms with Gasteiger partial charge in [-0.05, 0) is 42.2 Å². The van der Waals surface area contributed by atoms with Crippen LogP contribution >= 0.6 is 24.0 Å². The van der Waals surface area contributed by atoms with Crippen molar-refractivity contribution >= 4 is 41.7 Å². The number of hydrogen-bond acceptors (Lipinski definition) is 5. The maximum Gasteiger partial charge on any atom is 0.255 e. The van der Waals surface area contributed by atoms with Crippen LogP contribution in [0.4, 0.5) is 0 Å². The molecule has 0 bridgehead atoms. The highest BCUT2D eigenvalue weighted by Crippen LogP contribution is 2.23. The Hall–Kier alpha value is -2.81. The van der Waals surface area contributed by atoms with E-state index in [0.717, 1.165) is 5.56 Å². The SMILES string of the molecule is Cl.O=C1CN(C(=O)[C@H]2Cc3ccccc3CN2)CCCNC(=O)c2cc(Cl)ccc2OCCN1. The largest absolute Gasteiger partial charge is 0.491 e. The average molecular weight is 507 g/mol. The van der Waals surface area contributed by atoms with Crippen LogP contribution in [-0.2, 0) is 22.6 Å². The van der Waals surface area contributed by atoms with E-state index in [1.54, 1.807) is 23.1 Å². The van der Waals surface area contributed by atoms with Crippen molar-refractivity contribution < 1.29 is 19.1 Å². The summed E-state index contributed by atoms with van der Waals surface area (Å²) in [5, 5.41) is 9.36. The van der Waals surface area contributed by atoms with Crippen LogP contribution in [0.3, 0.4) is 0 Å². The van der Waals surface area contributed by atoms with E-state index < -0.39 is 6.04 Å². The van der Waals surface area contributed by atoms with Crippen molar-refractivity contribution in [2.24, 2.45) is 0 Å². The van der Waals surface area contributed by atoms with Crippen molar-refractivity contribution in [1.82, 2.24) is 20.9 Å². The van der Waals surface area contributed by atoms with Crippen LogP contribution in [0.25, 0.3) is 0 Å². The van der Waals surface area contributed by atoms with Crippen LogP contribution in [0.2, 0.25) is 5.02 Å². The minimum absolute atomic E-state index is 0. The predicted molar refractivity (Wildman–Crippen MR) is 132 cm³/mol. The highest BCUT2D eigenvalue weighted by atomic mass is 35.5. The van der Waals surface area contributed by atoms with E-state index in [-0.39, 0.29) is 49.8 Å². The highest BCUT2D eigenvalue weighted by molar-refractivity contribution is 6.31. The van der Waals surface area contributed by atoms with Gasteiger partial charge in [0.1, 0.15) is 12.4 Å². The van der Waals surface area contributed by atoms with Crippen LogP contribution in [0.5, 0.6) is 5.75 Å². The Balaban J connectivity index is 0.00000324. The number of fused-ring (bicyclic) bond motifs is 2. The summed E-state index contributed by atoms with van der Waals surface area (Å²) in [6, 6.07) is 12.5. The maximum absolute atomic E-state index is 13.3. The Bertz CT molecular complexity index is 1050. The standard InChI is InChI=1S/C24H27ClN4O4.ClH/c25-18-6-7-21-19(13-18)23(31)27-8-3-10-29(15-22(30)26-9-11-33-21)24(32)20-12-16-4-1-2-5-17(16)14-28-20;/h1-2,4-7,13,20,28H,3,8-12,14-15H2,(H,26,30)(H,27,31);1H/t20-;/m1./s1. The minimum atomic E-state index is -0.390. The molecule has 0 spiro atoms. The van der Waals surface area contributed by atoms with E-state index in [1.165, 1.54) is 5.56 Å². The van der Waals surface area contributed by atoms with E-state index in [1.807, 2.05) is 24.3 Å². The summed E-state index contributed by atoms with van der Waals surface area (Å²) < 4.78 is 5.68. The second kappa shape index (κ2) is 12.1. The van der Waals surface area contributed by atoms with Crippen molar-refractivity contribution in [2.45, 2.75) is 25.4 Å². The number of nitrogens with zero attached hydrogens (tertiary/aromatic N) is 1. The smallest absolute Gasteiger partial charge is 0.255 e. The molecule has 0 fully saturated rings. The summed E-state index contributed by atoms with van der Waals surface area (Å²) in [7, 11) is 0. The number of nitrogens with one attached hydrogen (secondary N) is 3. The second-order valence-electron chi connectivity index (χ2n) is 8.11. The number of ether oxygens (including phenoxy) is 1. The topological polar surface area (TPSA) is 99.8 Å². The molecule has 0 radical (unpaired) electrons. The van der Waals surface area contributed by atoms with Crippen LogP contribution in [0.1, 0.15) is 27.9 Å². The van der Waals surface area contributed by atoms with Gasteiger partial charge in [-0.3, -0.25) is 14.4 Å². The first-order chi connectivity index (χ1) is 16.0. The molecule has 0 aliphatic carbocycles. The third-order valence-electron chi connectivity index (χ3n) is 5.78. The Morgan fingerprint density at radius 2 is 1.85 bits per heavy atom. The third-order valence-corrected chi connectivity index (χ3v) is 6.02. The molecule has 4 rings (SSSR count). The van der Waals surface area contributed by atoms with Crippen LogP contribution < -0.4 is 20.7 Å². The Morgan fingerprint density at radius 3 is 2.68 bits per heavy atom. The van der Waals surface area contributed by atoms with Gasteiger partial charge in [-0.2, -0.15) is 0 Å². The van der Waals surface area contributed by atoms with E-state index >= 15 is 0 Å². The van der Waals surface area contributed by atoms with Crippen LogP contribution in [0.15, 0.2) is 42.5 Å². The van der Waals surface area contributed by atoms with E-state index in [0.29, 0.717) is 48.8 Å². The molecule has 0 unspecified atom stereocenters. The number of carbonyl (C=O) groups excluding carboxylic acids is 3. The highest BCUT2D eigenvalue weighted by Gasteiger charge is 2.29. The van der Waals surface area contributed by atoms with Gasteiger partial charge in [0.15, 0.2) is 0 Å². The van der Waals surface area contributed by atoms with Crippen molar-refractivity contribution in [3.63, 3.8) is 0 Å². The first-order valence-corrected chi connectivity index (χ1v) is 11.5. The molecule has 2 heterocycles. The molecule has 0 saturated carbocycles. The first-order valence-electron chi connectivity index (χ1n) is 11.1. The lowest BCUT2D eigenvalue weighted by Gasteiger charge is -2.31. The molecule has 34 heavy (non-hydrogen) atoms.